The van der Waals surface area contributed by atoms with Gasteiger partial charge in [0.25, 0.3) is 0 Å². The van der Waals surface area contributed by atoms with E-state index in [0.29, 0.717) is 24.5 Å². The Labute approximate surface area is 127 Å². The van der Waals surface area contributed by atoms with E-state index in [-0.39, 0.29) is 30.6 Å². The molecular formula is C14H16N4O4. The highest BCUT2D eigenvalue weighted by Gasteiger charge is 2.42. The molecule has 2 saturated heterocycles. The predicted octanol–water partition coefficient (Wildman–Crippen LogP) is 0.463. The molecule has 1 aromatic rings. The molecule has 3 rings (SSSR count). The maximum Gasteiger partial charge on any atom is 0.324 e. The van der Waals surface area contributed by atoms with Crippen LogP contribution < -0.4 is 15.4 Å². The van der Waals surface area contributed by atoms with E-state index in [0.717, 1.165) is 0 Å². The number of rotatable bonds is 3. The lowest BCUT2D eigenvalue weighted by Gasteiger charge is -2.42. The number of hydrogen-bond acceptors (Lipinski definition) is 4. The van der Waals surface area contributed by atoms with Gasteiger partial charge >= 0.3 is 12.1 Å². The third-order valence-electron chi connectivity index (χ3n) is 3.71. The van der Waals surface area contributed by atoms with Gasteiger partial charge in [0.2, 0.25) is 5.91 Å². The topological polar surface area (TPSA) is 91.0 Å². The van der Waals surface area contributed by atoms with Gasteiger partial charge in [-0.2, -0.15) is 0 Å². The van der Waals surface area contributed by atoms with E-state index in [9.17, 15) is 14.4 Å². The molecular weight excluding hydrogens is 288 g/mol. The van der Waals surface area contributed by atoms with E-state index in [1.807, 2.05) is 0 Å². The molecule has 2 aliphatic rings. The summed E-state index contributed by atoms with van der Waals surface area (Å²) in [7, 11) is 1.55. The van der Waals surface area contributed by atoms with Gasteiger partial charge < -0.3 is 20.3 Å². The van der Waals surface area contributed by atoms with Gasteiger partial charge in [0.15, 0.2) is 0 Å². The SMILES string of the molecule is COc1cccc(NC(=O)N2CC(N3C(=O)CNC3=O)C2)c1. The van der Waals surface area contributed by atoms with E-state index < -0.39 is 0 Å². The van der Waals surface area contributed by atoms with Crippen molar-refractivity contribution < 1.29 is 19.1 Å². The van der Waals surface area contributed by atoms with Gasteiger partial charge in [0.1, 0.15) is 5.75 Å². The van der Waals surface area contributed by atoms with Gasteiger partial charge in [-0.05, 0) is 12.1 Å². The molecule has 2 fully saturated rings. The largest absolute Gasteiger partial charge is 0.497 e. The number of nitrogens with zero attached hydrogens (tertiary/aromatic N) is 2. The Bertz CT molecular complexity index is 611. The number of benzene rings is 1. The molecule has 2 N–H and O–H groups in total. The van der Waals surface area contributed by atoms with Crippen molar-refractivity contribution in [1.29, 1.82) is 0 Å². The molecule has 0 unspecified atom stereocenters. The number of hydrogen-bond donors (Lipinski definition) is 2. The number of methoxy groups -OCH3 is 1. The standard InChI is InChI=1S/C14H16N4O4/c1-22-11-4-2-3-9(5-11)16-14(21)17-7-10(8-17)18-12(19)6-15-13(18)20/h2-5,10H,6-8H2,1H3,(H,15,20)(H,16,21). The number of anilines is 1. The van der Waals surface area contributed by atoms with Crippen molar-refractivity contribution in [3.63, 3.8) is 0 Å². The first-order valence-electron chi connectivity index (χ1n) is 6.88. The number of nitrogens with one attached hydrogen (secondary N) is 2. The summed E-state index contributed by atoms with van der Waals surface area (Å²) in [6.07, 6.45) is 0. The molecule has 0 spiro atoms. The Morgan fingerprint density at radius 3 is 2.77 bits per heavy atom. The lowest BCUT2D eigenvalue weighted by molar-refractivity contribution is -0.128. The molecule has 0 saturated carbocycles. The van der Waals surface area contributed by atoms with Crippen LogP contribution in [0.3, 0.4) is 0 Å². The molecule has 5 amide bonds. The summed E-state index contributed by atoms with van der Waals surface area (Å²) in [5.41, 5.74) is 0.628. The van der Waals surface area contributed by atoms with Crippen LogP contribution >= 0.6 is 0 Å². The quantitative estimate of drug-likeness (QED) is 0.794. The first-order valence-corrected chi connectivity index (χ1v) is 6.88. The minimum absolute atomic E-state index is 0.0331. The van der Waals surface area contributed by atoms with Crippen molar-refractivity contribution >= 4 is 23.7 Å². The Morgan fingerprint density at radius 2 is 2.14 bits per heavy atom. The Kier molecular flexibility index (Phi) is 3.58. The average molecular weight is 304 g/mol. The first kappa shape index (κ1) is 14.2. The van der Waals surface area contributed by atoms with Crippen molar-refractivity contribution in [2.45, 2.75) is 6.04 Å². The van der Waals surface area contributed by atoms with Crippen LogP contribution in [0.2, 0.25) is 0 Å². The zero-order valence-corrected chi connectivity index (χ0v) is 12.0. The van der Waals surface area contributed by atoms with Crippen LogP contribution in [0.15, 0.2) is 24.3 Å². The van der Waals surface area contributed by atoms with Gasteiger partial charge in [-0.15, -0.1) is 0 Å². The molecule has 0 atom stereocenters. The van der Waals surface area contributed by atoms with Crippen LogP contribution in [0, 0.1) is 0 Å². The highest BCUT2D eigenvalue weighted by Crippen LogP contribution is 2.21. The molecule has 8 heteroatoms. The molecule has 2 aliphatic heterocycles. The minimum atomic E-state index is -0.386. The Balaban J connectivity index is 1.55. The third kappa shape index (κ3) is 2.54. The van der Waals surface area contributed by atoms with E-state index in [2.05, 4.69) is 10.6 Å². The predicted molar refractivity (Wildman–Crippen MR) is 77.6 cm³/mol. The summed E-state index contributed by atoms with van der Waals surface area (Å²) in [6, 6.07) is 6.14. The Morgan fingerprint density at radius 1 is 1.36 bits per heavy atom. The summed E-state index contributed by atoms with van der Waals surface area (Å²) >= 11 is 0. The first-order chi connectivity index (χ1) is 10.6. The number of amides is 5. The number of urea groups is 2. The zero-order chi connectivity index (χ0) is 15.7. The number of imide groups is 1. The van der Waals surface area contributed by atoms with E-state index in [4.69, 9.17) is 4.74 Å². The second-order valence-electron chi connectivity index (χ2n) is 5.14. The van der Waals surface area contributed by atoms with E-state index >= 15 is 0 Å². The number of ether oxygens (including phenoxy) is 1. The zero-order valence-electron chi connectivity index (χ0n) is 12.0. The minimum Gasteiger partial charge on any atom is -0.497 e. The highest BCUT2D eigenvalue weighted by atomic mass is 16.5. The van der Waals surface area contributed by atoms with Crippen LogP contribution in [0.5, 0.6) is 5.75 Å². The molecule has 22 heavy (non-hydrogen) atoms. The van der Waals surface area contributed by atoms with Gasteiger partial charge in [0, 0.05) is 24.8 Å². The normalized spacial score (nSPS) is 18.0. The molecule has 0 aromatic heterocycles. The maximum absolute atomic E-state index is 12.1. The second-order valence-corrected chi connectivity index (χ2v) is 5.14. The van der Waals surface area contributed by atoms with Crippen molar-refractivity contribution in [3.05, 3.63) is 24.3 Å². The summed E-state index contributed by atoms with van der Waals surface area (Å²) in [5, 5.41) is 5.22. The number of carbonyl (C=O) groups excluding carboxylic acids is 3. The van der Waals surface area contributed by atoms with E-state index in [1.54, 1.807) is 36.3 Å². The van der Waals surface area contributed by atoms with Crippen molar-refractivity contribution in [2.75, 3.05) is 32.1 Å². The van der Waals surface area contributed by atoms with Crippen molar-refractivity contribution in [3.8, 4) is 5.75 Å². The monoisotopic (exact) mass is 304 g/mol. The lowest BCUT2D eigenvalue weighted by atomic mass is 10.1. The summed E-state index contributed by atoms with van der Waals surface area (Å²) in [4.78, 5) is 37.9. The summed E-state index contributed by atoms with van der Waals surface area (Å²) in [6.45, 7) is 0.718. The number of likely N-dealkylation sites (tertiary alicyclic amines) is 1. The Hall–Kier alpha value is -2.77. The molecule has 0 radical (unpaired) electrons. The number of carbonyl (C=O) groups is 3. The second kappa shape index (κ2) is 5.55. The summed E-state index contributed by atoms with van der Waals surface area (Å²) in [5.74, 6) is 0.404. The molecule has 8 nitrogen and oxygen atoms in total. The van der Waals surface area contributed by atoms with Crippen molar-refractivity contribution in [2.24, 2.45) is 0 Å². The van der Waals surface area contributed by atoms with Crippen LogP contribution in [0.25, 0.3) is 0 Å². The fraction of sp³-hybridized carbons (Fsp3) is 0.357. The molecule has 1 aromatic carbocycles. The van der Waals surface area contributed by atoms with Crippen LogP contribution in [-0.4, -0.2) is 60.6 Å². The maximum atomic E-state index is 12.1. The van der Waals surface area contributed by atoms with Gasteiger partial charge in [-0.3, -0.25) is 9.69 Å². The van der Waals surface area contributed by atoms with E-state index in [1.165, 1.54) is 4.90 Å². The van der Waals surface area contributed by atoms with Crippen LogP contribution in [0.1, 0.15) is 0 Å². The molecule has 0 aliphatic carbocycles. The molecule has 2 heterocycles. The molecule has 116 valence electrons. The highest BCUT2D eigenvalue weighted by molar-refractivity contribution is 6.02. The van der Waals surface area contributed by atoms with Gasteiger partial charge in [-0.1, -0.05) is 6.07 Å². The fourth-order valence-corrected chi connectivity index (χ4v) is 2.49. The smallest absolute Gasteiger partial charge is 0.324 e. The average Bonchev–Trinajstić information content (AvgIpc) is 2.78. The molecule has 0 bridgehead atoms. The van der Waals surface area contributed by atoms with Crippen LogP contribution in [-0.2, 0) is 4.79 Å². The van der Waals surface area contributed by atoms with Crippen molar-refractivity contribution in [1.82, 2.24) is 15.1 Å². The fourth-order valence-electron chi connectivity index (χ4n) is 2.49. The van der Waals surface area contributed by atoms with Crippen LogP contribution in [0.4, 0.5) is 15.3 Å². The third-order valence-corrected chi connectivity index (χ3v) is 3.71. The lowest BCUT2D eigenvalue weighted by Crippen LogP contribution is -2.63. The van der Waals surface area contributed by atoms with Gasteiger partial charge in [0.05, 0.1) is 19.7 Å². The van der Waals surface area contributed by atoms with Gasteiger partial charge in [-0.25, -0.2) is 9.59 Å². The summed E-state index contributed by atoms with van der Waals surface area (Å²) < 4.78 is 5.09.